The van der Waals surface area contributed by atoms with Crippen molar-refractivity contribution in [2.24, 2.45) is 0 Å². The lowest BCUT2D eigenvalue weighted by Crippen LogP contribution is -2.12. The van der Waals surface area contributed by atoms with Gasteiger partial charge in [-0.25, -0.2) is 4.98 Å². The van der Waals surface area contributed by atoms with E-state index in [0.717, 1.165) is 36.3 Å². The molecule has 0 saturated carbocycles. The van der Waals surface area contributed by atoms with Crippen LogP contribution < -0.4 is 5.32 Å². The Morgan fingerprint density at radius 1 is 1.38 bits per heavy atom. The number of carbonyl (C=O) groups excluding carboxylic acids is 1. The van der Waals surface area contributed by atoms with Gasteiger partial charge in [-0.2, -0.15) is 5.26 Å². The highest BCUT2D eigenvalue weighted by Crippen LogP contribution is 2.37. The van der Waals surface area contributed by atoms with Crippen LogP contribution >= 0.6 is 22.7 Å². The molecule has 1 aliphatic rings. The van der Waals surface area contributed by atoms with E-state index in [-0.39, 0.29) is 5.91 Å². The molecule has 0 spiro atoms. The highest BCUT2D eigenvalue weighted by Gasteiger charge is 2.21. The minimum absolute atomic E-state index is 0.229. The van der Waals surface area contributed by atoms with Gasteiger partial charge in [-0.05, 0) is 38.2 Å². The van der Waals surface area contributed by atoms with Crippen LogP contribution in [-0.4, -0.2) is 10.9 Å². The van der Waals surface area contributed by atoms with Crippen LogP contribution in [0.15, 0.2) is 5.38 Å². The maximum Gasteiger partial charge on any atom is 0.275 e. The van der Waals surface area contributed by atoms with Crippen molar-refractivity contribution in [2.45, 2.75) is 39.0 Å². The Balaban J connectivity index is 1.89. The summed E-state index contributed by atoms with van der Waals surface area (Å²) in [5.41, 5.74) is 2.21. The molecule has 0 aliphatic heterocycles. The van der Waals surface area contributed by atoms with E-state index in [1.807, 2.05) is 6.92 Å². The molecule has 2 aromatic rings. The van der Waals surface area contributed by atoms with E-state index in [0.29, 0.717) is 16.3 Å². The normalized spacial score (nSPS) is 14.1. The van der Waals surface area contributed by atoms with Crippen molar-refractivity contribution < 1.29 is 4.79 Å². The van der Waals surface area contributed by atoms with Crippen molar-refractivity contribution >= 4 is 33.6 Å². The van der Waals surface area contributed by atoms with E-state index >= 15 is 0 Å². The molecule has 2 heterocycles. The third kappa shape index (κ3) is 2.85. The summed E-state index contributed by atoms with van der Waals surface area (Å²) in [6.07, 6.45) is 5.46. The number of aryl methyl sites for hydroxylation is 2. The van der Waals surface area contributed by atoms with Gasteiger partial charge in [0.15, 0.2) is 0 Å². The number of thiazole rings is 1. The number of amides is 1. The Kier molecular flexibility index (Phi) is 4.04. The van der Waals surface area contributed by atoms with Gasteiger partial charge in [0.25, 0.3) is 5.91 Å². The molecule has 1 amide bonds. The zero-order chi connectivity index (χ0) is 14.8. The number of thiophene rings is 1. The lowest BCUT2D eigenvalue weighted by Gasteiger charge is -2.01. The zero-order valence-electron chi connectivity index (χ0n) is 11.7. The molecule has 1 aliphatic carbocycles. The number of nitriles is 1. The van der Waals surface area contributed by atoms with Crippen LogP contribution in [0, 0.1) is 18.3 Å². The van der Waals surface area contributed by atoms with Crippen LogP contribution in [0.1, 0.15) is 50.8 Å². The number of hydrogen-bond acceptors (Lipinski definition) is 5. The first-order valence-corrected chi connectivity index (χ1v) is 8.66. The maximum atomic E-state index is 12.2. The summed E-state index contributed by atoms with van der Waals surface area (Å²) in [7, 11) is 0. The molecular formula is C15H15N3OS2. The quantitative estimate of drug-likeness (QED) is 0.854. The van der Waals surface area contributed by atoms with E-state index < -0.39 is 0 Å². The highest BCUT2D eigenvalue weighted by atomic mass is 32.1. The third-order valence-electron chi connectivity index (χ3n) is 3.61. The van der Waals surface area contributed by atoms with E-state index in [9.17, 15) is 10.1 Å². The highest BCUT2D eigenvalue weighted by molar-refractivity contribution is 7.16. The van der Waals surface area contributed by atoms with Crippen LogP contribution in [0.4, 0.5) is 5.00 Å². The molecule has 0 radical (unpaired) electrons. The molecule has 3 rings (SSSR count). The minimum atomic E-state index is -0.229. The van der Waals surface area contributed by atoms with Crippen LogP contribution in [0.2, 0.25) is 0 Å². The number of aromatic nitrogens is 1. The zero-order valence-corrected chi connectivity index (χ0v) is 13.4. The molecule has 0 bridgehead atoms. The standard InChI is InChI=1S/C15H15N3OS2/c1-9-17-12(8-20-9)14(19)18-15-11(7-16)10-5-3-2-4-6-13(10)21-15/h8H,2-6H2,1H3,(H,18,19). The monoisotopic (exact) mass is 317 g/mol. The molecule has 0 atom stereocenters. The van der Waals surface area contributed by atoms with Gasteiger partial charge in [0.05, 0.1) is 10.6 Å². The van der Waals surface area contributed by atoms with E-state index in [4.69, 9.17) is 0 Å². The van der Waals surface area contributed by atoms with Gasteiger partial charge < -0.3 is 5.32 Å². The van der Waals surface area contributed by atoms with Gasteiger partial charge in [-0.1, -0.05) is 6.42 Å². The predicted molar refractivity (Wildman–Crippen MR) is 85.1 cm³/mol. The fraction of sp³-hybridized carbons (Fsp3) is 0.400. The Labute approximate surface area is 131 Å². The lowest BCUT2D eigenvalue weighted by atomic mass is 10.1. The molecule has 4 nitrogen and oxygen atoms in total. The summed E-state index contributed by atoms with van der Waals surface area (Å²) in [6.45, 7) is 1.87. The summed E-state index contributed by atoms with van der Waals surface area (Å²) in [5, 5.41) is 15.6. The summed E-state index contributed by atoms with van der Waals surface area (Å²) in [6, 6.07) is 2.27. The van der Waals surface area contributed by atoms with Crippen LogP contribution in [-0.2, 0) is 12.8 Å². The van der Waals surface area contributed by atoms with Crippen molar-refractivity contribution in [2.75, 3.05) is 5.32 Å². The van der Waals surface area contributed by atoms with Gasteiger partial charge in [0.1, 0.15) is 16.8 Å². The number of hydrogen-bond donors (Lipinski definition) is 1. The van der Waals surface area contributed by atoms with E-state index in [1.165, 1.54) is 22.6 Å². The molecular weight excluding hydrogens is 302 g/mol. The third-order valence-corrected chi connectivity index (χ3v) is 5.59. The SMILES string of the molecule is Cc1nc(C(=O)Nc2sc3c(c2C#N)CCCCC3)cs1. The summed E-state index contributed by atoms with van der Waals surface area (Å²) < 4.78 is 0. The minimum Gasteiger partial charge on any atom is -0.311 e. The second-order valence-electron chi connectivity index (χ2n) is 5.09. The van der Waals surface area contributed by atoms with E-state index in [2.05, 4.69) is 16.4 Å². The average molecular weight is 317 g/mol. The topological polar surface area (TPSA) is 65.8 Å². The van der Waals surface area contributed by atoms with Gasteiger partial charge in [0.2, 0.25) is 0 Å². The molecule has 2 aromatic heterocycles. The van der Waals surface area contributed by atoms with Crippen molar-refractivity contribution in [1.29, 1.82) is 5.26 Å². The number of fused-ring (bicyclic) bond motifs is 1. The maximum absolute atomic E-state index is 12.2. The number of rotatable bonds is 2. The molecule has 0 saturated heterocycles. The van der Waals surface area contributed by atoms with Crippen molar-refractivity contribution in [3.63, 3.8) is 0 Å². The summed E-state index contributed by atoms with van der Waals surface area (Å²) >= 11 is 3.00. The van der Waals surface area contributed by atoms with Crippen LogP contribution in [0.25, 0.3) is 0 Å². The molecule has 108 valence electrons. The number of carbonyl (C=O) groups is 1. The van der Waals surface area contributed by atoms with Gasteiger partial charge in [-0.3, -0.25) is 4.79 Å². The number of anilines is 1. The number of nitrogens with one attached hydrogen (secondary N) is 1. The first-order valence-electron chi connectivity index (χ1n) is 6.97. The predicted octanol–water partition coefficient (Wildman–Crippen LogP) is 3.91. The Hall–Kier alpha value is -1.71. The second kappa shape index (κ2) is 5.96. The first kappa shape index (κ1) is 14.2. The Morgan fingerprint density at radius 2 is 2.19 bits per heavy atom. The first-order chi connectivity index (χ1) is 10.2. The van der Waals surface area contributed by atoms with Crippen molar-refractivity contribution in [1.82, 2.24) is 4.98 Å². The molecule has 0 fully saturated rings. The van der Waals surface area contributed by atoms with Crippen LogP contribution in [0.3, 0.4) is 0 Å². The molecule has 6 heteroatoms. The molecule has 1 N–H and O–H groups in total. The van der Waals surface area contributed by atoms with Crippen molar-refractivity contribution in [3.8, 4) is 6.07 Å². The fourth-order valence-electron chi connectivity index (χ4n) is 2.58. The average Bonchev–Trinajstić information content (AvgIpc) is 2.96. The van der Waals surface area contributed by atoms with Gasteiger partial charge in [-0.15, -0.1) is 22.7 Å². The van der Waals surface area contributed by atoms with Crippen LogP contribution in [0.5, 0.6) is 0 Å². The molecule has 0 unspecified atom stereocenters. The Bertz CT molecular complexity index is 724. The lowest BCUT2D eigenvalue weighted by molar-refractivity contribution is 0.102. The molecule has 21 heavy (non-hydrogen) atoms. The van der Waals surface area contributed by atoms with E-state index in [1.54, 1.807) is 16.7 Å². The summed E-state index contributed by atoms with van der Waals surface area (Å²) in [4.78, 5) is 17.7. The fourth-order valence-corrected chi connectivity index (χ4v) is 4.41. The second-order valence-corrected chi connectivity index (χ2v) is 7.25. The summed E-state index contributed by atoms with van der Waals surface area (Å²) in [5.74, 6) is -0.229. The largest absolute Gasteiger partial charge is 0.311 e. The number of nitrogens with zero attached hydrogens (tertiary/aromatic N) is 2. The van der Waals surface area contributed by atoms with Gasteiger partial charge in [0, 0.05) is 10.3 Å². The van der Waals surface area contributed by atoms with Crippen molar-refractivity contribution in [3.05, 3.63) is 32.1 Å². The Morgan fingerprint density at radius 3 is 2.90 bits per heavy atom. The molecule has 0 aromatic carbocycles. The van der Waals surface area contributed by atoms with Gasteiger partial charge >= 0.3 is 0 Å². The smallest absolute Gasteiger partial charge is 0.275 e.